The van der Waals surface area contributed by atoms with Crippen molar-refractivity contribution < 1.29 is 28.8 Å². The number of aliphatic hydroxyl groups is 1. The monoisotopic (exact) mass is 483 g/mol. The average molecular weight is 484 g/mol. The van der Waals surface area contributed by atoms with Gasteiger partial charge in [-0.15, -0.1) is 11.3 Å². The molecule has 1 atom stereocenters. The van der Waals surface area contributed by atoms with Gasteiger partial charge >= 0.3 is 5.97 Å². The lowest BCUT2D eigenvalue weighted by Crippen LogP contribution is -2.31. The zero-order chi connectivity index (χ0) is 24.3. The summed E-state index contributed by atoms with van der Waals surface area (Å²) < 4.78 is 21.2. The highest BCUT2D eigenvalue weighted by molar-refractivity contribution is 7.11. The molecule has 0 aliphatic heterocycles. The molecular weight excluding hydrogens is 454 g/mol. The van der Waals surface area contributed by atoms with E-state index in [-0.39, 0.29) is 12.6 Å². The second kappa shape index (κ2) is 12.8. The van der Waals surface area contributed by atoms with Crippen LogP contribution in [0.1, 0.15) is 16.0 Å². The molecule has 0 fully saturated rings. The molecule has 3 aromatic rings. The third-order valence-corrected chi connectivity index (χ3v) is 5.92. The number of methoxy groups -OCH3 is 3. The predicted molar refractivity (Wildman–Crippen MR) is 133 cm³/mol. The van der Waals surface area contributed by atoms with Crippen molar-refractivity contribution in [3.05, 3.63) is 76.0 Å². The van der Waals surface area contributed by atoms with E-state index >= 15 is 0 Å². The van der Waals surface area contributed by atoms with Crippen molar-refractivity contribution in [2.75, 3.05) is 34.5 Å². The Morgan fingerprint density at radius 3 is 2.47 bits per heavy atom. The average Bonchev–Trinajstić information content (AvgIpc) is 3.41. The van der Waals surface area contributed by atoms with Crippen LogP contribution >= 0.6 is 11.3 Å². The fourth-order valence-corrected chi connectivity index (χ4v) is 3.95. The van der Waals surface area contributed by atoms with Crippen LogP contribution in [0.25, 0.3) is 11.6 Å². The summed E-state index contributed by atoms with van der Waals surface area (Å²) in [5, 5.41) is 15.4. The van der Waals surface area contributed by atoms with Gasteiger partial charge in [0.25, 0.3) is 0 Å². The van der Waals surface area contributed by atoms with Crippen LogP contribution in [-0.4, -0.2) is 51.7 Å². The number of thiophene rings is 1. The Hall–Kier alpha value is -3.33. The molecule has 0 saturated heterocycles. The molecule has 1 unspecified atom stereocenters. The number of ether oxygens (including phenoxy) is 4. The van der Waals surface area contributed by atoms with Gasteiger partial charge in [-0.1, -0.05) is 24.3 Å². The summed E-state index contributed by atoms with van der Waals surface area (Å²) in [4.78, 5) is 13.0. The van der Waals surface area contributed by atoms with Crippen molar-refractivity contribution in [3.63, 3.8) is 0 Å². The number of carbonyl (C=O) groups is 1. The minimum absolute atomic E-state index is 0.143. The summed E-state index contributed by atoms with van der Waals surface area (Å²) in [6.45, 7) is 1.04. The van der Waals surface area contributed by atoms with Gasteiger partial charge in [0.1, 0.15) is 30.0 Å². The minimum Gasteiger partial charge on any atom is -0.497 e. The molecule has 2 N–H and O–H groups in total. The lowest BCUT2D eigenvalue weighted by Gasteiger charge is -2.15. The maximum Gasteiger partial charge on any atom is 0.339 e. The Labute approximate surface area is 203 Å². The largest absolute Gasteiger partial charge is 0.497 e. The van der Waals surface area contributed by atoms with Gasteiger partial charge in [0.15, 0.2) is 0 Å². The van der Waals surface area contributed by atoms with E-state index in [2.05, 4.69) is 5.32 Å². The van der Waals surface area contributed by atoms with Crippen LogP contribution in [0, 0.1) is 0 Å². The Balaban J connectivity index is 1.50. The summed E-state index contributed by atoms with van der Waals surface area (Å²) in [5.41, 5.74) is 2.31. The van der Waals surface area contributed by atoms with Gasteiger partial charge in [-0.05, 0) is 41.3 Å². The molecule has 180 valence electrons. The van der Waals surface area contributed by atoms with E-state index in [0.717, 1.165) is 27.5 Å². The van der Waals surface area contributed by atoms with E-state index in [1.165, 1.54) is 18.4 Å². The number of rotatable bonds is 12. The van der Waals surface area contributed by atoms with E-state index < -0.39 is 6.10 Å². The number of hydrogen-bond acceptors (Lipinski definition) is 8. The zero-order valence-electron chi connectivity index (χ0n) is 19.4. The number of hydrogen-bond donors (Lipinski definition) is 2. The second-order valence-electron chi connectivity index (χ2n) is 7.37. The van der Waals surface area contributed by atoms with E-state index in [1.54, 1.807) is 32.4 Å². The third-order valence-electron chi connectivity index (χ3n) is 5.02. The topological polar surface area (TPSA) is 86.3 Å². The van der Waals surface area contributed by atoms with Crippen molar-refractivity contribution in [2.45, 2.75) is 12.6 Å². The van der Waals surface area contributed by atoms with Crippen molar-refractivity contribution in [1.82, 2.24) is 5.32 Å². The molecule has 1 aromatic heterocycles. The van der Waals surface area contributed by atoms with Crippen molar-refractivity contribution >= 4 is 29.0 Å². The van der Waals surface area contributed by atoms with E-state index in [4.69, 9.17) is 18.9 Å². The maximum atomic E-state index is 12.1. The van der Waals surface area contributed by atoms with E-state index in [9.17, 15) is 9.90 Å². The molecule has 0 saturated carbocycles. The number of carbonyl (C=O) groups excluding carboxylic acids is 1. The molecule has 34 heavy (non-hydrogen) atoms. The molecule has 0 spiro atoms. The van der Waals surface area contributed by atoms with Crippen LogP contribution in [-0.2, 0) is 16.1 Å². The first kappa shape index (κ1) is 25.3. The number of aliphatic hydroxyl groups excluding tert-OH is 1. The first-order chi connectivity index (χ1) is 16.5. The van der Waals surface area contributed by atoms with Gasteiger partial charge in [0.2, 0.25) is 0 Å². The quantitative estimate of drug-likeness (QED) is 0.297. The summed E-state index contributed by atoms with van der Waals surface area (Å²) in [6.07, 6.45) is 1.10. The smallest absolute Gasteiger partial charge is 0.339 e. The molecule has 0 amide bonds. The molecule has 8 heteroatoms. The third kappa shape index (κ3) is 7.08. The van der Waals surface area contributed by atoms with Crippen molar-refractivity contribution in [2.24, 2.45) is 0 Å². The summed E-state index contributed by atoms with van der Waals surface area (Å²) >= 11 is 1.48. The molecule has 0 radical (unpaired) electrons. The standard InChI is InChI=1S/C26H29NO6S/c1-30-22-11-8-19(24(14-22)31-2)15-27-16-20(28)17-33-21-9-6-18(7-10-21)13-23(26(29)32-3)25-5-4-12-34-25/h4-14,20,27-28H,15-17H2,1-3H3/b23-13+. The minimum atomic E-state index is -0.687. The first-order valence-corrected chi connectivity index (χ1v) is 11.6. The van der Waals surface area contributed by atoms with E-state index in [0.29, 0.717) is 24.4 Å². The van der Waals surface area contributed by atoms with Crippen LogP contribution in [0.5, 0.6) is 17.2 Å². The lowest BCUT2D eigenvalue weighted by molar-refractivity contribution is -0.133. The van der Waals surface area contributed by atoms with Crippen LogP contribution in [0.2, 0.25) is 0 Å². The molecule has 2 aromatic carbocycles. The first-order valence-electron chi connectivity index (χ1n) is 10.7. The highest BCUT2D eigenvalue weighted by atomic mass is 32.1. The van der Waals surface area contributed by atoms with Crippen LogP contribution in [0.4, 0.5) is 0 Å². The molecule has 0 aliphatic rings. The summed E-state index contributed by atoms with van der Waals surface area (Å²) in [6, 6.07) is 16.7. The zero-order valence-corrected chi connectivity index (χ0v) is 20.3. The van der Waals surface area contributed by atoms with Gasteiger partial charge in [-0.3, -0.25) is 0 Å². The Bertz CT molecular complexity index is 1080. The van der Waals surface area contributed by atoms with Crippen molar-refractivity contribution in [1.29, 1.82) is 0 Å². The molecular formula is C26H29NO6S. The van der Waals surface area contributed by atoms with Gasteiger partial charge in [-0.2, -0.15) is 0 Å². The summed E-state index contributed by atoms with van der Waals surface area (Å²) in [7, 11) is 4.59. The number of esters is 1. The molecule has 0 bridgehead atoms. The lowest BCUT2D eigenvalue weighted by atomic mass is 10.1. The highest BCUT2D eigenvalue weighted by Crippen LogP contribution is 2.26. The van der Waals surface area contributed by atoms with Gasteiger partial charge in [0.05, 0.1) is 26.9 Å². The second-order valence-corrected chi connectivity index (χ2v) is 8.32. The molecule has 0 aliphatic carbocycles. The maximum absolute atomic E-state index is 12.1. The highest BCUT2D eigenvalue weighted by Gasteiger charge is 2.13. The fraction of sp³-hybridized carbons (Fsp3) is 0.269. The SMILES string of the molecule is COC(=O)/C(=C/c1ccc(OCC(O)CNCc2ccc(OC)cc2OC)cc1)c1cccs1. The number of nitrogens with one attached hydrogen (secondary N) is 1. The van der Waals surface area contributed by atoms with Crippen molar-refractivity contribution in [3.8, 4) is 17.2 Å². The summed E-state index contributed by atoms with van der Waals surface area (Å²) in [5.74, 6) is 1.69. The Morgan fingerprint density at radius 2 is 1.82 bits per heavy atom. The molecule has 3 rings (SSSR count). The predicted octanol–water partition coefficient (Wildman–Crippen LogP) is 4.01. The van der Waals surface area contributed by atoms with Gasteiger partial charge in [-0.25, -0.2) is 4.79 Å². The fourth-order valence-electron chi connectivity index (χ4n) is 3.22. The number of benzene rings is 2. The van der Waals surface area contributed by atoms with Gasteiger partial charge in [0, 0.05) is 29.6 Å². The van der Waals surface area contributed by atoms with Crippen LogP contribution in [0.3, 0.4) is 0 Å². The Morgan fingerprint density at radius 1 is 1.06 bits per heavy atom. The Kier molecular flexibility index (Phi) is 9.51. The normalized spacial score (nSPS) is 12.2. The molecule has 1 heterocycles. The van der Waals surface area contributed by atoms with Crippen LogP contribution in [0.15, 0.2) is 60.0 Å². The van der Waals surface area contributed by atoms with Gasteiger partial charge < -0.3 is 29.4 Å². The van der Waals surface area contributed by atoms with E-state index in [1.807, 2.05) is 47.8 Å². The van der Waals surface area contributed by atoms with Crippen LogP contribution < -0.4 is 19.5 Å². The molecule has 7 nitrogen and oxygen atoms in total.